The molecule has 0 bridgehead atoms. The van der Waals surface area contributed by atoms with E-state index >= 15 is 0 Å². The molecule has 0 radical (unpaired) electrons. The van der Waals surface area contributed by atoms with Gasteiger partial charge in [0, 0.05) is 25.8 Å². The first kappa shape index (κ1) is 16.4. The number of hydrogen-bond acceptors (Lipinski definition) is 6. The molecule has 1 aromatic carbocycles. The van der Waals surface area contributed by atoms with E-state index in [9.17, 15) is 8.42 Å². The Hall–Kier alpha value is -1.67. The number of nitrogens with two attached hydrogens (primary N) is 1. The van der Waals surface area contributed by atoms with Gasteiger partial charge in [-0.15, -0.1) is 0 Å². The molecule has 0 saturated carbocycles. The summed E-state index contributed by atoms with van der Waals surface area (Å²) in [6.07, 6.45) is 0.402. The van der Waals surface area contributed by atoms with Crippen molar-refractivity contribution in [1.29, 1.82) is 0 Å². The van der Waals surface area contributed by atoms with Crippen LogP contribution in [-0.4, -0.2) is 42.1 Å². The quantitative estimate of drug-likeness (QED) is 0.550. The Morgan fingerprint density at radius 1 is 1.15 bits per heavy atom. The third kappa shape index (κ3) is 4.46. The standard InChI is InChI=1S/C12H20N2O5S/c1-17-5-4-6-20(15,16)14-10-8-12(19-3)11(18-2)7-9(10)13/h7-8,14H,4-6,13H2,1-3H3. The summed E-state index contributed by atoms with van der Waals surface area (Å²) in [4.78, 5) is 0. The van der Waals surface area contributed by atoms with Gasteiger partial charge in [0.25, 0.3) is 0 Å². The van der Waals surface area contributed by atoms with Crippen LogP contribution in [0.25, 0.3) is 0 Å². The van der Waals surface area contributed by atoms with Crippen LogP contribution in [0, 0.1) is 0 Å². The molecule has 0 aromatic heterocycles. The zero-order chi connectivity index (χ0) is 15.2. The van der Waals surface area contributed by atoms with Gasteiger partial charge >= 0.3 is 0 Å². The minimum atomic E-state index is -3.48. The topological polar surface area (TPSA) is 99.9 Å². The van der Waals surface area contributed by atoms with E-state index in [4.69, 9.17) is 19.9 Å². The molecule has 0 spiro atoms. The first-order valence-corrected chi connectivity index (χ1v) is 7.59. The highest BCUT2D eigenvalue weighted by atomic mass is 32.2. The van der Waals surface area contributed by atoms with E-state index in [1.54, 1.807) is 0 Å². The number of anilines is 2. The number of rotatable bonds is 8. The molecule has 114 valence electrons. The van der Waals surface area contributed by atoms with Crippen LogP contribution in [0.2, 0.25) is 0 Å². The van der Waals surface area contributed by atoms with E-state index in [0.717, 1.165) is 0 Å². The van der Waals surface area contributed by atoms with Gasteiger partial charge in [-0.2, -0.15) is 0 Å². The number of sulfonamides is 1. The van der Waals surface area contributed by atoms with Crippen LogP contribution in [0.5, 0.6) is 11.5 Å². The summed E-state index contributed by atoms with van der Waals surface area (Å²) in [5.41, 5.74) is 6.32. The van der Waals surface area contributed by atoms with E-state index < -0.39 is 10.0 Å². The van der Waals surface area contributed by atoms with Gasteiger partial charge in [-0.3, -0.25) is 4.72 Å². The zero-order valence-corrected chi connectivity index (χ0v) is 12.6. The van der Waals surface area contributed by atoms with Crippen molar-refractivity contribution in [3.8, 4) is 11.5 Å². The lowest BCUT2D eigenvalue weighted by Crippen LogP contribution is -2.18. The predicted molar refractivity (Wildman–Crippen MR) is 77.9 cm³/mol. The Morgan fingerprint density at radius 2 is 1.75 bits per heavy atom. The van der Waals surface area contributed by atoms with Crippen LogP contribution in [0.15, 0.2) is 12.1 Å². The summed E-state index contributed by atoms with van der Waals surface area (Å²) in [6.45, 7) is 0.377. The van der Waals surface area contributed by atoms with E-state index in [-0.39, 0.29) is 17.1 Å². The van der Waals surface area contributed by atoms with E-state index in [1.165, 1.54) is 33.5 Å². The second-order valence-corrected chi connectivity index (χ2v) is 5.90. The van der Waals surface area contributed by atoms with Crippen molar-refractivity contribution in [2.45, 2.75) is 6.42 Å². The van der Waals surface area contributed by atoms with Crippen LogP contribution in [0.3, 0.4) is 0 Å². The van der Waals surface area contributed by atoms with Crippen molar-refractivity contribution in [2.24, 2.45) is 0 Å². The lowest BCUT2D eigenvalue weighted by molar-refractivity contribution is 0.199. The van der Waals surface area contributed by atoms with E-state index in [0.29, 0.717) is 24.5 Å². The fourth-order valence-electron chi connectivity index (χ4n) is 1.59. The van der Waals surface area contributed by atoms with E-state index in [2.05, 4.69) is 4.72 Å². The smallest absolute Gasteiger partial charge is 0.232 e. The average Bonchev–Trinajstić information content (AvgIpc) is 2.40. The molecule has 3 N–H and O–H groups in total. The highest BCUT2D eigenvalue weighted by Gasteiger charge is 2.15. The highest BCUT2D eigenvalue weighted by molar-refractivity contribution is 7.92. The maximum Gasteiger partial charge on any atom is 0.232 e. The fraction of sp³-hybridized carbons (Fsp3) is 0.500. The first-order chi connectivity index (χ1) is 9.43. The van der Waals surface area contributed by atoms with Gasteiger partial charge < -0.3 is 19.9 Å². The van der Waals surface area contributed by atoms with Crippen molar-refractivity contribution in [3.05, 3.63) is 12.1 Å². The summed E-state index contributed by atoms with van der Waals surface area (Å²) in [7, 11) is 0.981. The molecule has 0 saturated heterocycles. The second kappa shape index (κ2) is 7.20. The zero-order valence-electron chi connectivity index (χ0n) is 11.8. The molecule has 0 aliphatic rings. The molecule has 0 fully saturated rings. The number of methoxy groups -OCH3 is 3. The number of hydrogen-bond donors (Lipinski definition) is 2. The van der Waals surface area contributed by atoms with Crippen molar-refractivity contribution < 1.29 is 22.6 Å². The molecule has 0 atom stereocenters. The number of nitrogens with one attached hydrogen (secondary N) is 1. The van der Waals surface area contributed by atoms with Gasteiger partial charge in [-0.1, -0.05) is 0 Å². The van der Waals surface area contributed by atoms with Crippen LogP contribution in [0.1, 0.15) is 6.42 Å². The van der Waals surface area contributed by atoms with Gasteiger partial charge in [0.1, 0.15) is 0 Å². The summed E-state index contributed by atoms with van der Waals surface area (Å²) in [6, 6.07) is 2.99. The van der Waals surface area contributed by atoms with Crippen LogP contribution >= 0.6 is 0 Å². The fourth-order valence-corrected chi connectivity index (χ4v) is 2.71. The Bertz CT molecular complexity index is 545. The van der Waals surface area contributed by atoms with Gasteiger partial charge in [0.05, 0.1) is 31.3 Å². The van der Waals surface area contributed by atoms with Gasteiger partial charge in [0.2, 0.25) is 10.0 Å². The Balaban J connectivity index is 2.92. The summed E-state index contributed by atoms with van der Waals surface area (Å²) >= 11 is 0. The SMILES string of the molecule is COCCCS(=O)(=O)Nc1cc(OC)c(OC)cc1N. The lowest BCUT2D eigenvalue weighted by Gasteiger charge is -2.14. The number of ether oxygens (including phenoxy) is 3. The molecule has 0 unspecified atom stereocenters. The summed E-state index contributed by atoms with van der Waals surface area (Å²) in [5, 5.41) is 0. The van der Waals surface area contributed by atoms with Crippen LogP contribution in [-0.2, 0) is 14.8 Å². The highest BCUT2D eigenvalue weighted by Crippen LogP contribution is 2.35. The number of benzene rings is 1. The largest absolute Gasteiger partial charge is 0.493 e. The molecule has 7 nitrogen and oxygen atoms in total. The number of nitrogen functional groups attached to an aromatic ring is 1. The van der Waals surface area contributed by atoms with Crippen LogP contribution < -0.4 is 19.9 Å². The summed E-state index contributed by atoms with van der Waals surface area (Å²) in [5.74, 6) is 0.790. The van der Waals surface area contributed by atoms with Gasteiger partial charge in [0.15, 0.2) is 11.5 Å². The minimum absolute atomic E-state index is 0.0470. The monoisotopic (exact) mass is 304 g/mol. The molecule has 0 aliphatic heterocycles. The molecule has 0 amide bonds. The molecule has 1 rings (SSSR count). The van der Waals surface area contributed by atoms with Gasteiger partial charge in [-0.05, 0) is 6.42 Å². The van der Waals surface area contributed by atoms with Crippen molar-refractivity contribution in [3.63, 3.8) is 0 Å². The Morgan fingerprint density at radius 3 is 2.30 bits per heavy atom. The average molecular weight is 304 g/mol. The van der Waals surface area contributed by atoms with Gasteiger partial charge in [-0.25, -0.2) is 8.42 Å². The Labute approximate surface area is 119 Å². The van der Waals surface area contributed by atoms with Crippen molar-refractivity contribution >= 4 is 21.4 Å². The molecule has 1 aromatic rings. The van der Waals surface area contributed by atoms with E-state index in [1.807, 2.05) is 0 Å². The second-order valence-electron chi connectivity index (χ2n) is 4.06. The molecule has 0 aliphatic carbocycles. The molecular formula is C12H20N2O5S. The third-order valence-electron chi connectivity index (χ3n) is 2.58. The van der Waals surface area contributed by atoms with Crippen molar-refractivity contribution in [2.75, 3.05) is 44.1 Å². The predicted octanol–water partition coefficient (Wildman–Crippen LogP) is 1.06. The molecule has 20 heavy (non-hydrogen) atoms. The summed E-state index contributed by atoms with van der Waals surface area (Å²) < 4.78 is 41.2. The van der Waals surface area contributed by atoms with Crippen molar-refractivity contribution in [1.82, 2.24) is 0 Å². The van der Waals surface area contributed by atoms with Crippen LogP contribution in [0.4, 0.5) is 11.4 Å². The molecule has 8 heteroatoms. The Kier molecular flexibility index (Phi) is 5.90. The lowest BCUT2D eigenvalue weighted by atomic mass is 10.2. The molecular weight excluding hydrogens is 284 g/mol. The normalized spacial score (nSPS) is 11.2. The molecule has 0 heterocycles. The third-order valence-corrected chi connectivity index (χ3v) is 3.94. The maximum atomic E-state index is 11.9. The first-order valence-electron chi connectivity index (χ1n) is 5.94. The maximum absolute atomic E-state index is 11.9. The minimum Gasteiger partial charge on any atom is -0.493 e.